The van der Waals surface area contributed by atoms with Crippen molar-refractivity contribution in [2.24, 2.45) is 0 Å². The van der Waals surface area contributed by atoms with Crippen molar-refractivity contribution in [3.05, 3.63) is 33.7 Å². The van der Waals surface area contributed by atoms with Crippen molar-refractivity contribution in [2.75, 3.05) is 12.4 Å². The molecule has 0 saturated heterocycles. The lowest BCUT2D eigenvalue weighted by molar-refractivity contribution is 0.622. The summed E-state index contributed by atoms with van der Waals surface area (Å²) in [6.45, 7) is 0. The van der Waals surface area contributed by atoms with Crippen LogP contribution in [-0.4, -0.2) is 12.0 Å². The molecule has 0 amide bonds. The molecule has 0 saturated carbocycles. The second-order valence-electron chi connectivity index (χ2n) is 5.01. The number of hydrogen-bond acceptors (Lipinski definition) is 2. The standard InChI is InChI=1S/C15H16BrFN2/c1-18-15-9-5-3-2-4-6-13(9)19-14-8-12(17)11(16)7-10(14)15/h7-8H,2-6H2,1H3,(H,18,19). The molecule has 4 heteroatoms. The highest BCUT2D eigenvalue weighted by Crippen LogP contribution is 2.34. The van der Waals surface area contributed by atoms with Gasteiger partial charge in [-0.3, -0.25) is 4.98 Å². The predicted molar refractivity (Wildman–Crippen MR) is 80.2 cm³/mol. The quantitative estimate of drug-likeness (QED) is 0.785. The first-order valence-corrected chi connectivity index (χ1v) is 7.48. The van der Waals surface area contributed by atoms with Crippen LogP contribution in [0.5, 0.6) is 0 Å². The van der Waals surface area contributed by atoms with Gasteiger partial charge in [-0.15, -0.1) is 0 Å². The molecule has 100 valence electrons. The second kappa shape index (κ2) is 5.08. The molecule has 2 nitrogen and oxygen atoms in total. The van der Waals surface area contributed by atoms with Crippen LogP contribution in [0.1, 0.15) is 30.5 Å². The van der Waals surface area contributed by atoms with Gasteiger partial charge >= 0.3 is 0 Å². The number of hydrogen-bond donors (Lipinski definition) is 1. The molecule has 2 aromatic rings. The van der Waals surface area contributed by atoms with Gasteiger partial charge < -0.3 is 5.32 Å². The summed E-state index contributed by atoms with van der Waals surface area (Å²) in [6, 6.07) is 3.35. The van der Waals surface area contributed by atoms with E-state index in [2.05, 4.69) is 26.2 Å². The Bertz CT molecular complexity index is 640. The van der Waals surface area contributed by atoms with Crippen LogP contribution in [-0.2, 0) is 12.8 Å². The van der Waals surface area contributed by atoms with Gasteiger partial charge in [0.05, 0.1) is 9.99 Å². The minimum Gasteiger partial charge on any atom is -0.387 e. The highest BCUT2D eigenvalue weighted by atomic mass is 79.9. The third-order valence-electron chi connectivity index (χ3n) is 3.80. The third-order valence-corrected chi connectivity index (χ3v) is 4.41. The molecule has 0 bridgehead atoms. The van der Waals surface area contributed by atoms with Crippen molar-refractivity contribution in [3.8, 4) is 0 Å². The summed E-state index contributed by atoms with van der Waals surface area (Å²) >= 11 is 3.26. The molecule has 0 atom stereocenters. The number of anilines is 1. The highest BCUT2D eigenvalue weighted by molar-refractivity contribution is 9.10. The number of benzene rings is 1. The van der Waals surface area contributed by atoms with Crippen molar-refractivity contribution >= 4 is 32.5 Å². The Morgan fingerprint density at radius 2 is 2.00 bits per heavy atom. The summed E-state index contributed by atoms with van der Waals surface area (Å²) in [6.07, 6.45) is 5.68. The van der Waals surface area contributed by atoms with Crippen molar-refractivity contribution in [1.82, 2.24) is 4.98 Å². The van der Waals surface area contributed by atoms with E-state index in [4.69, 9.17) is 0 Å². The van der Waals surface area contributed by atoms with Gasteiger partial charge in [0.2, 0.25) is 0 Å². The number of nitrogens with zero attached hydrogens (tertiary/aromatic N) is 1. The molecular formula is C15H16BrFN2. The average molecular weight is 323 g/mol. The summed E-state index contributed by atoms with van der Waals surface area (Å²) in [5.41, 5.74) is 4.30. The maximum absolute atomic E-state index is 13.7. The van der Waals surface area contributed by atoms with Crippen molar-refractivity contribution < 1.29 is 4.39 Å². The van der Waals surface area contributed by atoms with E-state index in [0.717, 1.165) is 35.1 Å². The van der Waals surface area contributed by atoms with E-state index >= 15 is 0 Å². The number of fused-ring (bicyclic) bond motifs is 2. The van der Waals surface area contributed by atoms with Crippen LogP contribution in [0, 0.1) is 5.82 Å². The number of halogens is 2. The molecule has 1 aromatic heterocycles. The van der Waals surface area contributed by atoms with Crippen LogP contribution in [0.4, 0.5) is 10.1 Å². The van der Waals surface area contributed by atoms with E-state index in [1.165, 1.54) is 30.9 Å². The zero-order chi connectivity index (χ0) is 13.4. The second-order valence-corrected chi connectivity index (χ2v) is 5.86. The van der Waals surface area contributed by atoms with E-state index < -0.39 is 0 Å². The van der Waals surface area contributed by atoms with Gasteiger partial charge in [0.1, 0.15) is 5.82 Å². The van der Waals surface area contributed by atoms with E-state index in [0.29, 0.717) is 4.47 Å². The molecule has 3 rings (SSSR count). The minimum absolute atomic E-state index is 0.254. The van der Waals surface area contributed by atoms with Gasteiger partial charge in [-0.05, 0) is 53.2 Å². The number of rotatable bonds is 1. The summed E-state index contributed by atoms with van der Waals surface area (Å²) in [5, 5.41) is 4.29. The number of aryl methyl sites for hydroxylation is 1. The van der Waals surface area contributed by atoms with Crippen LogP contribution in [0.15, 0.2) is 16.6 Å². The lowest BCUT2D eigenvalue weighted by Crippen LogP contribution is -2.04. The summed E-state index contributed by atoms with van der Waals surface area (Å²) in [4.78, 5) is 4.69. The fourth-order valence-electron chi connectivity index (χ4n) is 2.88. The molecule has 0 fully saturated rings. The van der Waals surface area contributed by atoms with Crippen LogP contribution in [0.25, 0.3) is 10.9 Å². The highest BCUT2D eigenvalue weighted by Gasteiger charge is 2.17. The van der Waals surface area contributed by atoms with E-state index in [9.17, 15) is 4.39 Å². The molecule has 0 aliphatic heterocycles. The molecule has 1 N–H and O–H groups in total. The molecule has 0 radical (unpaired) electrons. The van der Waals surface area contributed by atoms with Gasteiger partial charge in [-0.25, -0.2) is 4.39 Å². The van der Waals surface area contributed by atoms with Crippen molar-refractivity contribution in [1.29, 1.82) is 0 Å². The number of nitrogens with one attached hydrogen (secondary N) is 1. The summed E-state index contributed by atoms with van der Waals surface area (Å²) < 4.78 is 14.2. The first-order chi connectivity index (χ1) is 9.20. The summed E-state index contributed by atoms with van der Waals surface area (Å²) in [7, 11) is 1.93. The molecule has 1 aliphatic rings. The molecule has 1 aromatic carbocycles. The van der Waals surface area contributed by atoms with E-state index in [1.807, 2.05) is 13.1 Å². The van der Waals surface area contributed by atoms with Crippen LogP contribution in [0.3, 0.4) is 0 Å². The normalized spacial score (nSPS) is 15.1. The van der Waals surface area contributed by atoms with Gasteiger partial charge in [-0.2, -0.15) is 0 Å². The Kier molecular flexibility index (Phi) is 3.44. The lowest BCUT2D eigenvalue weighted by Gasteiger charge is -2.15. The smallest absolute Gasteiger partial charge is 0.139 e. The maximum Gasteiger partial charge on any atom is 0.139 e. The monoisotopic (exact) mass is 322 g/mol. The maximum atomic E-state index is 13.7. The topological polar surface area (TPSA) is 24.9 Å². The zero-order valence-electron chi connectivity index (χ0n) is 10.9. The fourth-order valence-corrected chi connectivity index (χ4v) is 3.22. The first kappa shape index (κ1) is 12.9. The first-order valence-electron chi connectivity index (χ1n) is 6.69. The van der Waals surface area contributed by atoms with Gasteiger partial charge in [-0.1, -0.05) is 6.42 Å². The van der Waals surface area contributed by atoms with Gasteiger partial charge in [0.15, 0.2) is 0 Å². The molecule has 1 aliphatic carbocycles. The van der Waals surface area contributed by atoms with Crippen LogP contribution < -0.4 is 5.32 Å². The Hall–Kier alpha value is -1.16. The Morgan fingerprint density at radius 1 is 1.21 bits per heavy atom. The van der Waals surface area contributed by atoms with E-state index in [1.54, 1.807) is 0 Å². The van der Waals surface area contributed by atoms with Gasteiger partial charge in [0.25, 0.3) is 0 Å². The van der Waals surface area contributed by atoms with Crippen LogP contribution >= 0.6 is 15.9 Å². The molecular weight excluding hydrogens is 307 g/mol. The lowest BCUT2D eigenvalue weighted by atomic mass is 10.0. The molecule has 19 heavy (non-hydrogen) atoms. The largest absolute Gasteiger partial charge is 0.387 e. The van der Waals surface area contributed by atoms with E-state index in [-0.39, 0.29) is 5.82 Å². The third kappa shape index (κ3) is 2.22. The number of aromatic nitrogens is 1. The van der Waals surface area contributed by atoms with Crippen molar-refractivity contribution in [2.45, 2.75) is 32.1 Å². The minimum atomic E-state index is -0.254. The zero-order valence-corrected chi connectivity index (χ0v) is 12.5. The fraction of sp³-hybridized carbons (Fsp3) is 0.400. The van der Waals surface area contributed by atoms with Gasteiger partial charge in [0, 0.05) is 29.9 Å². The SMILES string of the molecule is CNc1c2c(nc3cc(F)c(Br)cc13)CCCCC2. The molecule has 0 unspecified atom stereocenters. The molecule has 1 heterocycles. The Morgan fingerprint density at radius 3 is 2.79 bits per heavy atom. The average Bonchev–Trinajstić information content (AvgIpc) is 2.63. The Labute approximate surface area is 120 Å². The van der Waals surface area contributed by atoms with Crippen LogP contribution in [0.2, 0.25) is 0 Å². The van der Waals surface area contributed by atoms with Crippen molar-refractivity contribution in [3.63, 3.8) is 0 Å². The summed E-state index contributed by atoms with van der Waals surface area (Å²) in [5.74, 6) is -0.254. The predicted octanol–water partition coefficient (Wildman–Crippen LogP) is 4.45. The Balaban J connectivity index is 2.33. The number of pyridine rings is 1. The molecule has 0 spiro atoms.